The summed E-state index contributed by atoms with van der Waals surface area (Å²) in [5, 5.41) is 21.0. The maximum absolute atomic E-state index is 12.8. The molecule has 31 heavy (non-hydrogen) atoms. The molecular formula is C21H17ClN4O4S. The predicted molar refractivity (Wildman–Crippen MR) is 120 cm³/mol. The Morgan fingerprint density at radius 1 is 1.23 bits per heavy atom. The summed E-state index contributed by atoms with van der Waals surface area (Å²) in [6.45, 7) is 3.73. The van der Waals surface area contributed by atoms with Crippen molar-refractivity contribution >= 4 is 50.3 Å². The number of non-ortho nitro benzene ring substituents is 1. The van der Waals surface area contributed by atoms with E-state index in [1.165, 1.54) is 29.5 Å². The van der Waals surface area contributed by atoms with Crippen molar-refractivity contribution in [2.45, 2.75) is 6.92 Å². The van der Waals surface area contributed by atoms with Crippen molar-refractivity contribution in [2.24, 2.45) is 10.2 Å². The van der Waals surface area contributed by atoms with Gasteiger partial charge in [0, 0.05) is 30.8 Å². The van der Waals surface area contributed by atoms with E-state index < -0.39 is 10.9 Å². The highest BCUT2D eigenvalue weighted by Gasteiger charge is 2.32. The van der Waals surface area contributed by atoms with Gasteiger partial charge in [-0.3, -0.25) is 10.1 Å². The zero-order valence-corrected chi connectivity index (χ0v) is 18.0. The monoisotopic (exact) mass is 456 g/mol. The molecule has 1 aromatic heterocycles. The molecule has 158 valence electrons. The number of nitrogens with zero attached hydrogens (tertiary/aromatic N) is 4. The molecule has 2 heterocycles. The Morgan fingerprint density at radius 3 is 2.58 bits per heavy atom. The van der Waals surface area contributed by atoms with Crippen molar-refractivity contribution in [1.29, 1.82) is 0 Å². The maximum Gasteiger partial charge on any atom is 0.341 e. The Morgan fingerprint density at radius 2 is 1.97 bits per heavy atom. The highest BCUT2D eigenvalue weighted by Crippen LogP contribution is 2.49. The van der Waals surface area contributed by atoms with Gasteiger partial charge in [0.15, 0.2) is 0 Å². The van der Waals surface area contributed by atoms with E-state index in [4.69, 9.17) is 16.3 Å². The Hall–Kier alpha value is -3.30. The van der Waals surface area contributed by atoms with Gasteiger partial charge in [0.2, 0.25) is 0 Å². The van der Waals surface area contributed by atoms with Crippen LogP contribution in [0.4, 0.5) is 21.4 Å². The molecule has 0 spiro atoms. The lowest BCUT2D eigenvalue weighted by atomic mass is 10.0. The van der Waals surface area contributed by atoms with Gasteiger partial charge < -0.3 is 9.64 Å². The van der Waals surface area contributed by atoms with E-state index in [0.29, 0.717) is 21.8 Å². The van der Waals surface area contributed by atoms with Gasteiger partial charge in [-0.2, -0.15) is 0 Å². The molecule has 0 radical (unpaired) electrons. The van der Waals surface area contributed by atoms with Gasteiger partial charge in [0.05, 0.1) is 16.6 Å². The number of nitro benzene ring substituents is 1. The molecule has 1 fully saturated rings. The third-order valence-electron chi connectivity index (χ3n) is 4.54. The molecule has 0 aliphatic carbocycles. The fourth-order valence-electron chi connectivity index (χ4n) is 3.01. The lowest BCUT2D eigenvalue weighted by Crippen LogP contribution is -2.08. The van der Waals surface area contributed by atoms with E-state index in [1.807, 2.05) is 30.3 Å². The molecule has 4 rings (SSSR count). The number of thiophene rings is 1. The van der Waals surface area contributed by atoms with Gasteiger partial charge in [0.1, 0.15) is 21.3 Å². The zero-order valence-electron chi connectivity index (χ0n) is 16.4. The van der Waals surface area contributed by atoms with Crippen molar-refractivity contribution in [3.05, 3.63) is 69.2 Å². The second-order valence-corrected chi connectivity index (χ2v) is 8.01. The summed E-state index contributed by atoms with van der Waals surface area (Å²) in [7, 11) is 0. The van der Waals surface area contributed by atoms with E-state index in [0.717, 1.165) is 23.7 Å². The largest absolute Gasteiger partial charge is 0.462 e. The van der Waals surface area contributed by atoms with Crippen molar-refractivity contribution < 1.29 is 14.5 Å². The normalized spacial score (nSPS) is 12.9. The van der Waals surface area contributed by atoms with E-state index in [1.54, 1.807) is 6.92 Å². The SMILES string of the molecule is CCOC(=O)c1c(N2CC2)sc(N=Nc2ccc([N+](=O)[O-])cc2Cl)c1-c1ccccc1. The summed E-state index contributed by atoms with van der Waals surface area (Å²) in [5.74, 6) is -0.408. The van der Waals surface area contributed by atoms with Crippen LogP contribution in [0.2, 0.25) is 5.02 Å². The Bertz CT molecular complexity index is 1180. The quantitative estimate of drug-likeness (QED) is 0.135. The number of benzene rings is 2. The van der Waals surface area contributed by atoms with Crippen molar-refractivity contribution in [1.82, 2.24) is 0 Å². The van der Waals surface area contributed by atoms with Gasteiger partial charge >= 0.3 is 5.97 Å². The molecule has 0 atom stereocenters. The summed E-state index contributed by atoms with van der Waals surface area (Å²) < 4.78 is 5.32. The van der Waals surface area contributed by atoms with Crippen LogP contribution >= 0.6 is 22.9 Å². The standard InChI is InChI=1S/C21H17ClN4O4S/c1-2-30-21(27)18-17(13-6-4-3-5-7-13)19(31-20(18)25-10-11-25)24-23-16-9-8-14(26(28)29)12-15(16)22/h3-9,12H,2,10-11H2,1H3. The summed E-state index contributed by atoms with van der Waals surface area (Å²) in [6, 6.07) is 13.4. The van der Waals surface area contributed by atoms with E-state index in [2.05, 4.69) is 15.1 Å². The fourth-order valence-corrected chi connectivity index (χ4v) is 4.41. The Kier molecular flexibility index (Phi) is 5.97. The van der Waals surface area contributed by atoms with Crippen molar-refractivity contribution in [3.63, 3.8) is 0 Å². The molecule has 0 amide bonds. The average molecular weight is 457 g/mol. The lowest BCUT2D eigenvalue weighted by molar-refractivity contribution is -0.384. The number of hydrogen-bond acceptors (Lipinski definition) is 8. The number of ether oxygens (including phenoxy) is 1. The number of carbonyl (C=O) groups is 1. The second kappa shape index (κ2) is 8.83. The van der Waals surface area contributed by atoms with E-state index >= 15 is 0 Å². The first-order chi connectivity index (χ1) is 15.0. The molecule has 0 N–H and O–H groups in total. The highest BCUT2D eigenvalue weighted by molar-refractivity contribution is 7.21. The maximum atomic E-state index is 12.8. The number of carbonyl (C=O) groups excluding carboxylic acids is 1. The molecule has 3 aromatic rings. The van der Waals surface area contributed by atoms with Gasteiger partial charge in [-0.15, -0.1) is 10.2 Å². The molecule has 0 unspecified atom stereocenters. The highest BCUT2D eigenvalue weighted by atomic mass is 35.5. The summed E-state index contributed by atoms with van der Waals surface area (Å²) in [6.07, 6.45) is 0. The number of anilines is 1. The zero-order chi connectivity index (χ0) is 22.0. The number of esters is 1. The van der Waals surface area contributed by atoms with Crippen LogP contribution in [0, 0.1) is 10.1 Å². The van der Waals surface area contributed by atoms with Gasteiger partial charge in [0.25, 0.3) is 5.69 Å². The van der Waals surface area contributed by atoms with Gasteiger partial charge in [-0.1, -0.05) is 53.3 Å². The van der Waals surface area contributed by atoms with Crippen LogP contribution in [0.5, 0.6) is 0 Å². The van der Waals surface area contributed by atoms with Crippen LogP contribution in [0.1, 0.15) is 17.3 Å². The summed E-state index contributed by atoms with van der Waals surface area (Å²) in [4.78, 5) is 25.3. The number of nitro groups is 1. The third-order valence-corrected chi connectivity index (χ3v) is 5.98. The lowest BCUT2D eigenvalue weighted by Gasteiger charge is -2.08. The minimum absolute atomic E-state index is 0.118. The Balaban J connectivity index is 1.82. The first-order valence-corrected chi connectivity index (χ1v) is 10.7. The summed E-state index contributed by atoms with van der Waals surface area (Å²) >= 11 is 7.50. The average Bonchev–Trinajstić information content (AvgIpc) is 3.54. The number of azo groups is 1. The van der Waals surface area contributed by atoms with E-state index in [-0.39, 0.29) is 17.3 Å². The molecule has 2 aromatic carbocycles. The number of hydrogen-bond donors (Lipinski definition) is 0. The van der Waals surface area contributed by atoms with Gasteiger partial charge in [-0.25, -0.2) is 4.79 Å². The van der Waals surface area contributed by atoms with Crippen LogP contribution in [0.25, 0.3) is 11.1 Å². The van der Waals surface area contributed by atoms with E-state index in [9.17, 15) is 14.9 Å². The first-order valence-electron chi connectivity index (χ1n) is 9.49. The van der Waals surface area contributed by atoms with Crippen LogP contribution in [-0.4, -0.2) is 30.6 Å². The minimum atomic E-state index is -0.526. The van der Waals surface area contributed by atoms with Crippen LogP contribution in [0.15, 0.2) is 58.8 Å². The molecule has 10 heteroatoms. The molecule has 0 saturated carbocycles. The molecule has 1 aliphatic heterocycles. The van der Waals surface area contributed by atoms with Crippen molar-refractivity contribution in [3.8, 4) is 11.1 Å². The van der Waals surface area contributed by atoms with Crippen LogP contribution in [0.3, 0.4) is 0 Å². The Labute approximate surface area is 186 Å². The molecule has 8 nitrogen and oxygen atoms in total. The number of halogens is 1. The second-order valence-electron chi connectivity index (χ2n) is 6.63. The fraction of sp³-hybridized carbons (Fsp3) is 0.190. The topological polar surface area (TPSA) is 97.2 Å². The van der Waals surface area contributed by atoms with Crippen molar-refractivity contribution in [2.75, 3.05) is 24.6 Å². The molecule has 0 bridgehead atoms. The molecule has 1 aliphatic rings. The third kappa shape index (κ3) is 4.42. The molecule has 1 saturated heterocycles. The van der Waals surface area contributed by atoms with Crippen LogP contribution in [-0.2, 0) is 4.74 Å². The smallest absolute Gasteiger partial charge is 0.341 e. The van der Waals surface area contributed by atoms with Crippen LogP contribution < -0.4 is 4.90 Å². The first kappa shape index (κ1) is 21.0. The summed E-state index contributed by atoms with van der Waals surface area (Å²) in [5.41, 5.74) is 2.11. The minimum Gasteiger partial charge on any atom is -0.462 e. The van der Waals surface area contributed by atoms with Gasteiger partial charge in [-0.05, 0) is 18.6 Å². The molecular weight excluding hydrogens is 440 g/mol. The predicted octanol–water partition coefficient (Wildman–Crippen LogP) is 6.39. The number of rotatable bonds is 7.